The van der Waals surface area contributed by atoms with Gasteiger partial charge >= 0.3 is 0 Å². The molecule has 268 valence electrons. The molecule has 12 N–H and O–H groups in total. The molecule has 20 atom stereocenters. The highest BCUT2D eigenvalue weighted by Crippen LogP contribution is 2.34. The van der Waals surface area contributed by atoms with Gasteiger partial charge in [0.25, 0.3) is 0 Å². The molecule has 1 amide bonds. The number of ether oxygens (including phenoxy) is 7. The van der Waals surface area contributed by atoms with Crippen LogP contribution in [-0.4, -0.2) is 198 Å². The third-order valence-corrected chi connectivity index (χ3v) is 8.53. The van der Waals surface area contributed by atoms with Crippen LogP contribution in [0.15, 0.2) is 0 Å². The number of hydrogen-bond donors (Lipinski definition) is 12. The lowest BCUT2D eigenvalue weighted by Gasteiger charge is -2.49. The normalized spacial score (nSPS) is 51.9. The summed E-state index contributed by atoms with van der Waals surface area (Å²) >= 11 is 0. The molecule has 20 heteroatoms. The van der Waals surface area contributed by atoms with Crippen LogP contribution >= 0.6 is 0 Å². The Morgan fingerprint density at radius 1 is 0.565 bits per heavy atom. The highest BCUT2D eigenvalue weighted by atomic mass is 16.8. The Morgan fingerprint density at radius 3 is 1.63 bits per heavy atom. The minimum atomic E-state index is -1.98. The number of aliphatic hydroxyl groups is 11. The van der Waals surface area contributed by atoms with Gasteiger partial charge in [0.05, 0.1) is 25.4 Å². The van der Waals surface area contributed by atoms with Gasteiger partial charge < -0.3 is 94.6 Å². The quantitative estimate of drug-likeness (QED) is 0.108. The zero-order valence-corrected chi connectivity index (χ0v) is 25.1. The van der Waals surface area contributed by atoms with Crippen LogP contribution in [0, 0.1) is 0 Å². The second-order valence-corrected chi connectivity index (χ2v) is 11.8. The maximum atomic E-state index is 11.7. The monoisotopic (exact) mass is 675 g/mol. The summed E-state index contributed by atoms with van der Waals surface area (Å²) in [4.78, 5) is 11.7. The fourth-order valence-electron chi connectivity index (χ4n) is 5.81. The third kappa shape index (κ3) is 7.64. The van der Waals surface area contributed by atoms with Crippen LogP contribution in [0.1, 0.15) is 20.8 Å². The lowest BCUT2D eigenvalue weighted by atomic mass is 9.95. The van der Waals surface area contributed by atoms with Crippen molar-refractivity contribution in [2.45, 2.75) is 144 Å². The van der Waals surface area contributed by atoms with E-state index >= 15 is 0 Å². The van der Waals surface area contributed by atoms with E-state index in [4.69, 9.17) is 33.2 Å². The van der Waals surface area contributed by atoms with Gasteiger partial charge in [-0.25, -0.2) is 0 Å². The summed E-state index contributed by atoms with van der Waals surface area (Å²) in [5.74, 6) is -0.653. The second kappa shape index (κ2) is 15.5. The van der Waals surface area contributed by atoms with Crippen LogP contribution in [0.3, 0.4) is 0 Å². The molecule has 4 fully saturated rings. The first-order valence-electron chi connectivity index (χ1n) is 14.8. The average molecular weight is 676 g/mol. The summed E-state index contributed by atoms with van der Waals surface area (Å²) < 4.78 is 39.0. The van der Waals surface area contributed by atoms with E-state index in [1.165, 1.54) is 13.8 Å². The summed E-state index contributed by atoms with van der Waals surface area (Å²) in [5, 5.41) is 117. The van der Waals surface area contributed by atoms with E-state index in [2.05, 4.69) is 5.32 Å². The molecule has 0 aromatic rings. The van der Waals surface area contributed by atoms with E-state index in [0.29, 0.717) is 0 Å². The first kappa shape index (κ1) is 37.6. The van der Waals surface area contributed by atoms with Gasteiger partial charge in [-0.3, -0.25) is 4.79 Å². The Balaban J connectivity index is 1.52. The van der Waals surface area contributed by atoms with E-state index in [9.17, 15) is 61.0 Å². The van der Waals surface area contributed by atoms with E-state index in [1.54, 1.807) is 0 Å². The largest absolute Gasteiger partial charge is 0.394 e. The highest BCUT2D eigenvalue weighted by Gasteiger charge is 2.55. The first-order chi connectivity index (χ1) is 21.6. The first-order valence-corrected chi connectivity index (χ1v) is 14.8. The predicted molar refractivity (Wildman–Crippen MR) is 143 cm³/mol. The van der Waals surface area contributed by atoms with Crippen LogP contribution in [0.4, 0.5) is 0 Å². The van der Waals surface area contributed by atoms with Gasteiger partial charge in [0, 0.05) is 6.92 Å². The van der Waals surface area contributed by atoms with Gasteiger partial charge in [0.15, 0.2) is 25.2 Å². The minimum Gasteiger partial charge on any atom is -0.394 e. The molecule has 0 bridgehead atoms. The summed E-state index contributed by atoms with van der Waals surface area (Å²) in [5.41, 5.74) is 0. The Morgan fingerprint density at radius 2 is 1.04 bits per heavy atom. The zero-order chi connectivity index (χ0) is 34.2. The van der Waals surface area contributed by atoms with Crippen LogP contribution in [0.5, 0.6) is 0 Å². The lowest BCUT2D eigenvalue weighted by Crippen LogP contribution is -2.68. The van der Waals surface area contributed by atoms with Gasteiger partial charge in [-0.15, -0.1) is 0 Å². The van der Waals surface area contributed by atoms with Crippen molar-refractivity contribution in [3.63, 3.8) is 0 Å². The topological polar surface area (TPSA) is 316 Å². The molecule has 4 rings (SSSR count). The molecule has 4 saturated heterocycles. The molecule has 46 heavy (non-hydrogen) atoms. The number of rotatable bonds is 9. The summed E-state index contributed by atoms with van der Waals surface area (Å²) in [6, 6.07) is -1.42. The Bertz CT molecular complexity index is 995. The van der Waals surface area contributed by atoms with Gasteiger partial charge in [0.1, 0.15) is 85.4 Å². The van der Waals surface area contributed by atoms with Crippen LogP contribution in [0.25, 0.3) is 0 Å². The highest BCUT2D eigenvalue weighted by molar-refractivity contribution is 5.73. The molecule has 4 aliphatic heterocycles. The number of nitrogens with one attached hydrogen (secondary N) is 1. The van der Waals surface area contributed by atoms with Gasteiger partial charge in [0.2, 0.25) is 5.91 Å². The van der Waals surface area contributed by atoms with Crippen molar-refractivity contribution < 1.29 is 94.1 Å². The Labute approximate surface area is 262 Å². The smallest absolute Gasteiger partial charge is 0.217 e. The average Bonchev–Trinajstić information content (AvgIpc) is 3.01. The van der Waals surface area contributed by atoms with Crippen molar-refractivity contribution in [1.29, 1.82) is 0 Å². The molecular weight excluding hydrogens is 630 g/mol. The van der Waals surface area contributed by atoms with E-state index in [0.717, 1.165) is 6.92 Å². The number of carbonyl (C=O) groups excluding carboxylic acids is 1. The number of amides is 1. The molecule has 0 aromatic carbocycles. The molecule has 0 aliphatic carbocycles. The molecular formula is C26H45NO19. The van der Waals surface area contributed by atoms with Crippen LogP contribution < -0.4 is 5.32 Å². The van der Waals surface area contributed by atoms with Crippen molar-refractivity contribution >= 4 is 5.91 Å². The summed E-state index contributed by atoms with van der Waals surface area (Å²) in [6.45, 7) is 2.25. The van der Waals surface area contributed by atoms with Crippen molar-refractivity contribution in [3.8, 4) is 0 Å². The third-order valence-electron chi connectivity index (χ3n) is 8.53. The van der Waals surface area contributed by atoms with Gasteiger partial charge in [-0.05, 0) is 13.8 Å². The fraction of sp³-hybridized carbons (Fsp3) is 0.962. The van der Waals surface area contributed by atoms with Crippen molar-refractivity contribution in [2.24, 2.45) is 0 Å². The fourth-order valence-corrected chi connectivity index (χ4v) is 5.81. The molecule has 0 aromatic heterocycles. The van der Waals surface area contributed by atoms with Gasteiger partial charge in [-0.1, -0.05) is 0 Å². The summed E-state index contributed by atoms with van der Waals surface area (Å²) in [7, 11) is 0. The zero-order valence-electron chi connectivity index (χ0n) is 25.1. The lowest BCUT2D eigenvalue weighted by molar-refractivity contribution is -0.389. The van der Waals surface area contributed by atoms with Crippen LogP contribution in [0.2, 0.25) is 0 Å². The molecule has 0 saturated carbocycles. The minimum absolute atomic E-state index is 0.653. The SMILES string of the molecule is CC(=O)N[C@@H]1[C@@H](O[C@@H]2O[C@H](CO)[C@H](O[C@@H]3O[C@@H](C)[C@H](O)[C@@H](O)[C@H]3O[C@@H]3O[C@@H](C)[C@H](O)[C@@H](O)[C@H]3O)[C@H](O)[C@H]2O)[C@@H](O)[C@@H](CO)O[C@H]1O. The van der Waals surface area contributed by atoms with Crippen molar-refractivity contribution in [2.75, 3.05) is 13.2 Å². The van der Waals surface area contributed by atoms with E-state index < -0.39 is 142 Å². The van der Waals surface area contributed by atoms with Crippen molar-refractivity contribution in [3.05, 3.63) is 0 Å². The predicted octanol–water partition coefficient (Wildman–Crippen LogP) is -7.55. The molecule has 0 radical (unpaired) electrons. The van der Waals surface area contributed by atoms with E-state index in [-0.39, 0.29) is 0 Å². The molecule has 0 spiro atoms. The standard InChI is InChI=1S/C26H45NO19/c1-6-12(31)15(34)18(37)24(40-6)46-22-16(35)13(32)7(2)41-26(22)44-20-10(5-29)43-25(19(38)17(20)36)45-21-11(27-8(3)30)23(39)42-9(4-28)14(21)33/h6-7,9-26,28-29,31-39H,4-5H2,1-3H3,(H,27,30)/t6-,7-,9+,10+,11+,12-,13-,14-,15+,16+,17+,18+,19+,20-,21+,22+,23+,24-,25-,26-/m0/s1. The van der Waals surface area contributed by atoms with Gasteiger partial charge in [-0.2, -0.15) is 0 Å². The number of aliphatic hydroxyl groups excluding tert-OH is 11. The Kier molecular flexibility index (Phi) is 12.7. The number of hydrogen-bond acceptors (Lipinski definition) is 19. The Hall–Kier alpha value is -1.25. The summed E-state index contributed by atoms with van der Waals surface area (Å²) in [6.07, 6.45) is -30.7. The van der Waals surface area contributed by atoms with Crippen molar-refractivity contribution in [1.82, 2.24) is 5.32 Å². The molecule has 4 aliphatic rings. The van der Waals surface area contributed by atoms with Crippen LogP contribution in [-0.2, 0) is 38.0 Å². The molecule has 0 unspecified atom stereocenters. The maximum Gasteiger partial charge on any atom is 0.217 e. The maximum absolute atomic E-state index is 11.7. The molecule has 4 heterocycles. The molecule has 20 nitrogen and oxygen atoms in total. The second-order valence-electron chi connectivity index (χ2n) is 11.8. The van der Waals surface area contributed by atoms with E-state index in [1.807, 2.05) is 0 Å². The number of carbonyl (C=O) groups is 1.